The van der Waals surface area contributed by atoms with Gasteiger partial charge in [0.05, 0.1) is 12.2 Å². The lowest BCUT2D eigenvalue weighted by atomic mass is 10.1. The molecule has 24 heavy (non-hydrogen) atoms. The van der Waals surface area contributed by atoms with Crippen LogP contribution in [-0.4, -0.2) is 40.9 Å². The molecule has 2 rings (SSSR count). The molecule has 0 aliphatic rings. The van der Waals surface area contributed by atoms with Crippen LogP contribution in [0.1, 0.15) is 36.0 Å². The van der Waals surface area contributed by atoms with Gasteiger partial charge in [-0.15, -0.1) is 10.2 Å². The summed E-state index contributed by atoms with van der Waals surface area (Å²) < 4.78 is 5.62. The van der Waals surface area contributed by atoms with Gasteiger partial charge >= 0.3 is 0 Å². The van der Waals surface area contributed by atoms with E-state index in [1.165, 1.54) is 7.05 Å². The van der Waals surface area contributed by atoms with Gasteiger partial charge in [0.15, 0.2) is 5.69 Å². The van der Waals surface area contributed by atoms with Crippen LogP contribution in [0, 0.1) is 0 Å². The number of hydrogen-bond donors (Lipinski definition) is 3. The smallest absolute Gasteiger partial charge is 0.271 e. The maximum atomic E-state index is 11.4. The molecule has 0 bridgehead atoms. The quantitative estimate of drug-likeness (QED) is 0.716. The predicted molar refractivity (Wildman–Crippen MR) is 91.1 cm³/mol. The van der Waals surface area contributed by atoms with E-state index in [0.29, 0.717) is 5.82 Å². The molecule has 1 aromatic heterocycles. The van der Waals surface area contributed by atoms with Crippen LogP contribution in [0.15, 0.2) is 36.4 Å². The minimum Gasteiger partial charge on any atom is -0.491 e. The summed E-state index contributed by atoms with van der Waals surface area (Å²) in [4.78, 5) is 11.4. The fourth-order valence-corrected chi connectivity index (χ4v) is 2.06. The molecule has 128 valence electrons. The molecule has 0 saturated heterocycles. The van der Waals surface area contributed by atoms with Crippen molar-refractivity contribution in [3.05, 3.63) is 47.7 Å². The Balaban J connectivity index is 1.95. The number of hydrogen-bond acceptors (Lipinski definition) is 6. The van der Waals surface area contributed by atoms with Gasteiger partial charge in [-0.25, -0.2) is 0 Å². The molecular formula is C17H22N4O3. The lowest BCUT2D eigenvalue weighted by Gasteiger charge is -2.15. The number of benzene rings is 1. The molecule has 1 heterocycles. The summed E-state index contributed by atoms with van der Waals surface area (Å²) in [5.74, 6) is 0.906. The van der Waals surface area contributed by atoms with Gasteiger partial charge in [-0.05, 0) is 43.7 Å². The van der Waals surface area contributed by atoms with Crippen molar-refractivity contribution >= 4 is 11.7 Å². The van der Waals surface area contributed by atoms with E-state index in [1.54, 1.807) is 12.1 Å². The second-order valence-corrected chi connectivity index (χ2v) is 5.52. The van der Waals surface area contributed by atoms with E-state index in [4.69, 9.17) is 4.74 Å². The largest absolute Gasteiger partial charge is 0.491 e. The topological polar surface area (TPSA) is 96.4 Å². The Bertz CT molecular complexity index is 674. The van der Waals surface area contributed by atoms with E-state index in [9.17, 15) is 9.90 Å². The van der Waals surface area contributed by atoms with Crippen LogP contribution in [-0.2, 0) is 0 Å². The maximum absolute atomic E-state index is 11.4. The molecule has 0 aliphatic heterocycles. The van der Waals surface area contributed by atoms with Crippen molar-refractivity contribution in [3.63, 3.8) is 0 Å². The zero-order chi connectivity index (χ0) is 17.5. The number of carbonyl (C=O) groups is 1. The summed E-state index contributed by atoms with van der Waals surface area (Å²) >= 11 is 0. The van der Waals surface area contributed by atoms with Crippen molar-refractivity contribution in [2.45, 2.75) is 26.1 Å². The molecule has 1 aromatic carbocycles. The lowest BCUT2D eigenvalue weighted by Crippen LogP contribution is -2.20. The van der Waals surface area contributed by atoms with Crippen molar-refractivity contribution in [3.8, 4) is 5.75 Å². The Morgan fingerprint density at radius 2 is 2.04 bits per heavy atom. The van der Waals surface area contributed by atoms with Crippen LogP contribution < -0.4 is 15.4 Å². The van der Waals surface area contributed by atoms with E-state index in [-0.39, 0.29) is 24.2 Å². The Kier molecular flexibility index (Phi) is 6.08. The summed E-state index contributed by atoms with van der Waals surface area (Å²) in [6, 6.07) is 10.5. The van der Waals surface area contributed by atoms with E-state index < -0.39 is 6.10 Å². The van der Waals surface area contributed by atoms with Crippen LogP contribution >= 0.6 is 0 Å². The van der Waals surface area contributed by atoms with Crippen molar-refractivity contribution in [2.75, 3.05) is 18.9 Å². The standard InChI is InChI=1S/C17H22N4O3/c1-11(2)24-13-6-4-5-12(9-13)15(22)10-19-16-8-7-14(20-21-16)17(23)18-3/h4-9,11,15,22H,10H2,1-3H3,(H,18,23)(H,19,21). The number of nitrogens with one attached hydrogen (secondary N) is 2. The second-order valence-electron chi connectivity index (χ2n) is 5.52. The highest BCUT2D eigenvalue weighted by Gasteiger charge is 2.10. The molecule has 3 N–H and O–H groups in total. The third-order valence-electron chi connectivity index (χ3n) is 3.22. The molecular weight excluding hydrogens is 308 g/mol. The van der Waals surface area contributed by atoms with Gasteiger partial charge in [0.25, 0.3) is 5.91 Å². The van der Waals surface area contributed by atoms with Gasteiger partial charge in [0, 0.05) is 13.6 Å². The van der Waals surface area contributed by atoms with Crippen molar-refractivity contribution in [2.24, 2.45) is 0 Å². The fraction of sp³-hybridized carbons (Fsp3) is 0.353. The average Bonchev–Trinajstić information content (AvgIpc) is 2.59. The SMILES string of the molecule is CNC(=O)c1ccc(NCC(O)c2cccc(OC(C)C)c2)nn1. The number of nitrogens with zero attached hydrogens (tertiary/aromatic N) is 2. The molecule has 2 aromatic rings. The molecule has 0 spiro atoms. The first-order valence-electron chi connectivity index (χ1n) is 7.74. The van der Waals surface area contributed by atoms with Gasteiger partial charge in [0.1, 0.15) is 11.6 Å². The monoisotopic (exact) mass is 330 g/mol. The molecule has 1 amide bonds. The summed E-state index contributed by atoms with van der Waals surface area (Å²) in [7, 11) is 1.53. The normalized spacial score (nSPS) is 11.9. The van der Waals surface area contributed by atoms with Crippen LogP contribution in [0.3, 0.4) is 0 Å². The van der Waals surface area contributed by atoms with Crippen LogP contribution in [0.25, 0.3) is 0 Å². The van der Waals surface area contributed by atoms with Crippen molar-refractivity contribution < 1.29 is 14.6 Å². The minimum atomic E-state index is -0.721. The first kappa shape index (κ1) is 17.7. The molecule has 7 nitrogen and oxygen atoms in total. The Labute approximate surface area is 141 Å². The fourth-order valence-electron chi connectivity index (χ4n) is 2.06. The van der Waals surface area contributed by atoms with Gasteiger partial charge in [-0.3, -0.25) is 4.79 Å². The first-order valence-corrected chi connectivity index (χ1v) is 7.74. The lowest BCUT2D eigenvalue weighted by molar-refractivity contribution is 0.0957. The van der Waals surface area contributed by atoms with Gasteiger partial charge < -0.3 is 20.5 Å². The molecule has 7 heteroatoms. The zero-order valence-corrected chi connectivity index (χ0v) is 14.0. The highest BCUT2D eigenvalue weighted by Crippen LogP contribution is 2.20. The highest BCUT2D eigenvalue weighted by atomic mass is 16.5. The number of anilines is 1. The molecule has 0 aliphatic carbocycles. The van der Waals surface area contributed by atoms with E-state index in [0.717, 1.165) is 11.3 Å². The highest BCUT2D eigenvalue weighted by molar-refractivity contribution is 5.91. The number of carbonyl (C=O) groups excluding carboxylic acids is 1. The van der Waals surface area contributed by atoms with Gasteiger partial charge in [-0.2, -0.15) is 0 Å². The van der Waals surface area contributed by atoms with Gasteiger partial charge in [0.2, 0.25) is 0 Å². The zero-order valence-electron chi connectivity index (χ0n) is 14.0. The molecule has 1 unspecified atom stereocenters. The number of ether oxygens (including phenoxy) is 1. The Morgan fingerprint density at radius 1 is 1.25 bits per heavy atom. The first-order chi connectivity index (χ1) is 11.5. The predicted octanol–water partition coefficient (Wildman–Crippen LogP) is 1.77. The number of rotatable bonds is 7. The number of aliphatic hydroxyl groups excluding tert-OH is 1. The maximum Gasteiger partial charge on any atom is 0.271 e. The summed E-state index contributed by atoms with van der Waals surface area (Å²) in [6.45, 7) is 4.16. The second kappa shape index (κ2) is 8.26. The summed E-state index contributed by atoms with van der Waals surface area (Å²) in [6.07, 6.45) is -0.647. The van der Waals surface area contributed by atoms with Crippen LogP contribution in [0.2, 0.25) is 0 Å². The van der Waals surface area contributed by atoms with E-state index >= 15 is 0 Å². The van der Waals surface area contributed by atoms with Gasteiger partial charge in [-0.1, -0.05) is 12.1 Å². The molecule has 0 radical (unpaired) electrons. The Hall–Kier alpha value is -2.67. The van der Waals surface area contributed by atoms with E-state index in [1.807, 2.05) is 38.1 Å². The van der Waals surface area contributed by atoms with Crippen molar-refractivity contribution in [1.29, 1.82) is 0 Å². The third kappa shape index (κ3) is 4.92. The number of aromatic nitrogens is 2. The molecule has 0 fully saturated rings. The molecule has 1 atom stereocenters. The third-order valence-corrected chi connectivity index (χ3v) is 3.22. The minimum absolute atomic E-state index is 0.0737. The number of aliphatic hydroxyl groups is 1. The van der Waals surface area contributed by atoms with Crippen LogP contribution in [0.5, 0.6) is 5.75 Å². The van der Waals surface area contributed by atoms with Crippen LogP contribution in [0.4, 0.5) is 5.82 Å². The summed E-state index contributed by atoms with van der Waals surface area (Å²) in [5.41, 5.74) is 0.984. The summed E-state index contributed by atoms with van der Waals surface area (Å²) in [5, 5.41) is 23.5. The molecule has 0 saturated carbocycles. The number of amides is 1. The average molecular weight is 330 g/mol. The van der Waals surface area contributed by atoms with Crippen molar-refractivity contribution in [1.82, 2.24) is 15.5 Å². The van der Waals surface area contributed by atoms with E-state index in [2.05, 4.69) is 20.8 Å². The Morgan fingerprint density at radius 3 is 2.67 bits per heavy atom.